The SMILES string of the molecule is CCCNC(c1ccc(C)s1)c1ccccc1I. The Morgan fingerprint density at radius 1 is 1.22 bits per heavy atom. The topological polar surface area (TPSA) is 12.0 Å². The van der Waals surface area contributed by atoms with E-state index in [9.17, 15) is 0 Å². The van der Waals surface area contributed by atoms with Gasteiger partial charge in [-0.3, -0.25) is 0 Å². The molecule has 0 saturated heterocycles. The molecule has 2 aromatic rings. The normalized spacial score (nSPS) is 12.6. The molecule has 1 N–H and O–H groups in total. The number of rotatable bonds is 5. The second-order valence-electron chi connectivity index (χ2n) is 4.36. The van der Waals surface area contributed by atoms with Gasteiger partial charge < -0.3 is 5.32 Å². The van der Waals surface area contributed by atoms with E-state index >= 15 is 0 Å². The summed E-state index contributed by atoms with van der Waals surface area (Å²) >= 11 is 4.31. The summed E-state index contributed by atoms with van der Waals surface area (Å²) < 4.78 is 1.33. The summed E-state index contributed by atoms with van der Waals surface area (Å²) in [6, 6.07) is 13.4. The highest BCUT2D eigenvalue weighted by molar-refractivity contribution is 14.1. The van der Waals surface area contributed by atoms with Crippen molar-refractivity contribution in [1.82, 2.24) is 5.32 Å². The maximum atomic E-state index is 3.66. The number of hydrogen-bond acceptors (Lipinski definition) is 2. The highest BCUT2D eigenvalue weighted by atomic mass is 127. The van der Waals surface area contributed by atoms with E-state index in [1.807, 2.05) is 11.3 Å². The number of thiophene rings is 1. The van der Waals surface area contributed by atoms with Crippen LogP contribution in [0, 0.1) is 10.5 Å². The Balaban J connectivity index is 2.33. The second-order valence-corrected chi connectivity index (χ2v) is 6.84. The van der Waals surface area contributed by atoms with Gasteiger partial charge >= 0.3 is 0 Å². The number of nitrogens with one attached hydrogen (secondary N) is 1. The quantitative estimate of drug-likeness (QED) is 0.748. The molecule has 0 bridgehead atoms. The maximum Gasteiger partial charge on any atom is 0.0681 e. The molecule has 2 rings (SSSR count). The molecule has 1 atom stereocenters. The summed E-state index contributed by atoms with van der Waals surface area (Å²) in [6.45, 7) is 5.42. The zero-order valence-electron chi connectivity index (χ0n) is 10.7. The van der Waals surface area contributed by atoms with Crippen LogP contribution in [0.4, 0.5) is 0 Å². The molecular weight excluding hydrogens is 353 g/mol. The first-order chi connectivity index (χ1) is 8.72. The predicted molar refractivity (Wildman–Crippen MR) is 88.4 cm³/mol. The van der Waals surface area contributed by atoms with Crippen LogP contribution in [-0.2, 0) is 0 Å². The Morgan fingerprint density at radius 2 is 2.00 bits per heavy atom. The van der Waals surface area contributed by atoms with Crippen LogP contribution in [0.25, 0.3) is 0 Å². The minimum absolute atomic E-state index is 0.330. The third-order valence-corrected chi connectivity index (χ3v) is 4.91. The van der Waals surface area contributed by atoms with Crippen LogP contribution in [0.5, 0.6) is 0 Å². The Labute approximate surface area is 127 Å². The Bertz CT molecular complexity index is 507. The molecule has 1 aromatic heterocycles. The van der Waals surface area contributed by atoms with Gasteiger partial charge in [-0.25, -0.2) is 0 Å². The van der Waals surface area contributed by atoms with Gasteiger partial charge in [-0.2, -0.15) is 0 Å². The zero-order chi connectivity index (χ0) is 13.0. The molecular formula is C15H18INS. The monoisotopic (exact) mass is 371 g/mol. The number of benzene rings is 1. The van der Waals surface area contributed by atoms with Crippen molar-refractivity contribution in [2.24, 2.45) is 0 Å². The smallest absolute Gasteiger partial charge is 0.0681 e. The van der Waals surface area contributed by atoms with E-state index in [-0.39, 0.29) is 0 Å². The second kappa shape index (κ2) is 6.68. The van der Waals surface area contributed by atoms with Crippen LogP contribution in [0.1, 0.15) is 34.7 Å². The molecule has 1 heterocycles. The minimum Gasteiger partial charge on any atom is -0.306 e. The van der Waals surface area contributed by atoms with Crippen LogP contribution >= 0.6 is 33.9 Å². The molecule has 0 radical (unpaired) electrons. The van der Waals surface area contributed by atoms with Gasteiger partial charge in [0.25, 0.3) is 0 Å². The minimum atomic E-state index is 0.330. The van der Waals surface area contributed by atoms with Crippen molar-refractivity contribution >= 4 is 33.9 Å². The average molecular weight is 371 g/mol. The third kappa shape index (κ3) is 3.33. The van der Waals surface area contributed by atoms with Crippen molar-refractivity contribution in [3.05, 3.63) is 55.3 Å². The first-order valence-electron chi connectivity index (χ1n) is 6.26. The van der Waals surface area contributed by atoms with Crippen molar-refractivity contribution in [1.29, 1.82) is 0 Å². The molecule has 0 saturated carbocycles. The largest absolute Gasteiger partial charge is 0.306 e. The number of aryl methyl sites for hydroxylation is 1. The van der Waals surface area contributed by atoms with E-state index in [0.717, 1.165) is 13.0 Å². The first kappa shape index (κ1) is 14.0. The van der Waals surface area contributed by atoms with Crippen LogP contribution < -0.4 is 5.32 Å². The van der Waals surface area contributed by atoms with Crippen LogP contribution in [0.3, 0.4) is 0 Å². The Hall–Kier alpha value is -0.390. The molecule has 3 heteroatoms. The summed E-state index contributed by atoms with van der Waals surface area (Å²) in [7, 11) is 0. The maximum absolute atomic E-state index is 3.66. The molecule has 0 aliphatic rings. The Kier molecular flexibility index (Phi) is 5.21. The van der Waals surface area contributed by atoms with Gasteiger partial charge in [-0.15, -0.1) is 11.3 Å². The highest BCUT2D eigenvalue weighted by Crippen LogP contribution is 2.30. The summed E-state index contributed by atoms with van der Waals surface area (Å²) in [5, 5.41) is 3.66. The van der Waals surface area contributed by atoms with E-state index in [1.165, 1.54) is 18.9 Å². The van der Waals surface area contributed by atoms with Crippen molar-refractivity contribution in [3.8, 4) is 0 Å². The van der Waals surface area contributed by atoms with Gasteiger partial charge in [0.15, 0.2) is 0 Å². The summed E-state index contributed by atoms with van der Waals surface area (Å²) in [5.74, 6) is 0. The Morgan fingerprint density at radius 3 is 2.61 bits per heavy atom. The van der Waals surface area contributed by atoms with Gasteiger partial charge in [-0.1, -0.05) is 25.1 Å². The van der Waals surface area contributed by atoms with Gasteiger partial charge in [0, 0.05) is 13.3 Å². The van der Waals surface area contributed by atoms with Gasteiger partial charge in [0.05, 0.1) is 6.04 Å². The molecule has 0 aliphatic carbocycles. The number of halogens is 1. The molecule has 0 spiro atoms. The molecule has 96 valence electrons. The van der Waals surface area contributed by atoms with Gasteiger partial charge in [-0.05, 0) is 66.2 Å². The first-order valence-corrected chi connectivity index (χ1v) is 8.16. The van der Waals surface area contributed by atoms with Crippen LogP contribution in [0.2, 0.25) is 0 Å². The lowest BCUT2D eigenvalue weighted by atomic mass is 10.1. The summed E-state index contributed by atoms with van der Waals surface area (Å²) in [5.41, 5.74) is 1.38. The zero-order valence-corrected chi connectivity index (χ0v) is 13.7. The molecule has 1 unspecified atom stereocenters. The standard InChI is InChI=1S/C15H18INS/c1-3-10-17-15(14-9-8-11(2)18-14)12-6-4-5-7-13(12)16/h4-9,15,17H,3,10H2,1-2H3. The molecule has 0 amide bonds. The van der Waals surface area contributed by atoms with Gasteiger partial charge in [0.1, 0.15) is 0 Å². The summed E-state index contributed by atoms with van der Waals surface area (Å²) in [4.78, 5) is 2.78. The third-order valence-electron chi connectivity index (χ3n) is 2.86. The lowest BCUT2D eigenvalue weighted by Gasteiger charge is -2.19. The molecule has 18 heavy (non-hydrogen) atoms. The van der Waals surface area contributed by atoms with Crippen molar-refractivity contribution in [2.75, 3.05) is 6.54 Å². The fraction of sp³-hybridized carbons (Fsp3) is 0.333. The van der Waals surface area contributed by atoms with E-state index in [4.69, 9.17) is 0 Å². The lowest BCUT2D eigenvalue weighted by molar-refractivity contribution is 0.604. The van der Waals surface area contributed by atoms with Crippen molar-refractivity contribution < 1.29 is 0 Å². The van der Waals surface area contributed by atoms with E-state index in [1.54, 1.807) is 0 Å². The van der Waals surface area contributed by atoms with Crippen LogP contribution in [0.15, 0.2) is 36.4 Å². The van der Waals surface area contributed by atoms with Crippen LogP contribution in [-0.4, -0.2) is 6.54 Å². The summed E-state index contributed by atoms with van der Waals surface area (Å²) in [6.07, 6.45) is 1.16. The van der Waals surface area contributed by atoms with Gasteiger partial charge in [0.2, 0.25) is 0 Å². The predicted octanol–water partition coefficient (Wildman–Crippen LogP) is 4.75. The molecule has 0 fully saturated rings. The average Bonchev–Trinajstić information content (AvgIpc) is 2.78. The molecule has 1 nitrogen and oxygen atoms in total. The molecule has 0 aliphatic heterocycles. The fourth-order valence-electron chi connectivity index (χ4n) is 1.97. The van der Waals surface area contributed by atoms with E-state index < -0.39 is 0 Å². The van der Waals surface area contributed by atoms with Crippen molar-refractivity contribution in [3.63, 3.8) is 0 Å². The number of hydrogen-bond donors (Lipinski definition) is 1. The fourth-order valence-corrected chi connectivity index (χ4v) is 3.64. The van der Waals surface area contributed by atoms with E-state index in [0.29, 0.717) is 6.04 Å². The lowest BCUT2D eigenvalue weighted by Crippen LogP contribution is -2.23. The highest BCUT2D eigenvalue weighted by Gasteiger charge is 2.17. The van der Waals surface area contributed by atoms with Crippen molar-refractivity contribution in [2.45, 2.75) is 26.3 Å². The van der Waals surface area contributed by atoms with E-state index in [2.05, 4.69) is 78.2 Å². The molecule has 1 aromatic carbocycles.